The summed E-state index contributed by atoms with van der Waals surface area (Å²) in [6.45, 7) is 0.226. The van der Waals surface area contributed by atoms with Gasteiger partial charge in [0.1, 0.15) is 5.75 Å². The van der Waals surface area contributed by atoms with E-state index in [1.54, 1.807) is 12.1 Å². The SMILES string of the molecule is O=C(NCC1CCC(C(=O)O)O1)c1cc(I)cc(I)c1O. The Morgan fingerprint density at radius 2 is 2.05 bits per heavy atom. The Labute approximate surface area is 148 Å². The summed E-state index contributed by atoms with van der Waals surface area (Å²) >= 11 is 4.03. The molecule has 1 amide bonds. The number of phenols is 1. The molecule has 1 aromatic rings. The van der Waals surface area contributed by atoms with E-state index >= 15 is 0 Å². The minimum Gasteiger partial charge on any atom is -0.506 e. The fraction of sp³-hybridized carbons (Fsp3) is 0.385. The molecule has 114 valence electrons. The lowest BCUT2D eigenvalue weighted by Crippen LogP contribution is -2.33. The molecule has 0 saturated carbocycles. The Balaban J connectivity index is 1.96. The van der Waals surface area contributed by atoms with Gasteiger partial charge in [-0.05, 0) is 70.2 Å². The van der Waals surface area contributed by atoms with Crippen LogP contribution < -0.4 is 5.32 Å². The maximum absolute atomic E-state index is 12.1. The smallest absolute Gasteiger partial charge is 0.332 e. The van der Waals surface area contributed by atoms with E-state index in [4.69, 9.17) is 9.84 Å². The molecule has 2 atom stereocenters. The summed E-state index contributed by atoms with van der Waals surface area (Å²) in [5, 5.41) is 21.4. The molecule has 0 aliphatic carbocycles. The van der Waals surface area contributed by atoms with Gasteiger partial charge in [0, 0.05) is 10.1 Å². The molecule has 0 bridgehead atoms. The van der Waals surface area contributed by atoms with Crippen LogP contribution in [0.1, 0.15) is 23.2 Å². The number of carbonyl (C=O) groups excluding carboxylic acids is 1. The molecule has 0 radical (unpaired) electrons. The van der Waals surface area contributed by atoms with Gasteiger partial charge in [-0.2, -0.15) is 0 Å². The number of carbonyl (C=O) groups is 2. The summed E-state index contributed by atoms with van der Waals surface area (Å²) in [6, 6.07) is 3.37. The van der Waals surface area contributed by atoms with Crippen molar-refractivity contribution in [3.8, 4) is 5.75 Å². The minimum absolute atomic E-state index is 0.0516. The number of hydrogen-bond acceptors (Lipinski definition) is 4. The van der Waals surface area contributed by atoms with Crippen LogP contribution in [-0.2, 0) is 9.53 Å². The van der Waals surface area contributed by atoms with Crippen molar-refractivity contribution in [3.05, 3.63) is 24.8 Å². The molecule has 6 nitrogen and oxygen atoms in total. The number of benzene rings is 1. The summed E-state index contributed by atoms with van der Waals surface area (Å²) in [4.78, 5) is 22.9. The Kier molecular flexibility index (Phi) is 5.66. The first-order chi connectivity index (χ1) is 9.88. The van der Waals surface area contributed by atoms with Gasteiger partial charge in [-0.25, -0.2) is 4.79 Å². The fourth-order valence-corrected chi connectivity index (χ4v) is 3.92. The van der Waals surface area contributed by atoms with E-state index in [0.29, 0.717) is 16.4 Å². The maximum atomic E-state index is 12.1. The number of carboxylic acid groups (broad SMARTS) is 1. The number of halogens is 2. The molecular weight excluding hydrogens is 504 g/mol. The number of rotatable bonds is 4. The molecule has 2 rings (SSSR count). The predicted octanol–water partition coefficient (Wildman–Crippen LogP) is 1.96. The third kappa shape index (κ3) is 4.19. The van der Waals surface area contributed by atoms with Crippen molar-refractivity contribution in [2.24, 2.45) is 0 Å². The van der Waals surface area contributed by atoms with E-state index in [9.17, 15) is 14.7 Å². The normalized spacial score (nSPS) is 21.2. The molecule has 1 fully saturated rings. The second-order valence-electron chi connectivity index (χ2n) is 4.66. The Hall–Kier alpha value is -0.620. The fourth-order valence-electron chi connectivity index (χ4n) is 2.08. The summed E-state index contributed by atoms with van der Waals surface area (Å²) in [5.74, 6) is -1.43. The Bertz CT molecular complexity index is 578. The number of amides is 1. The standard InChI is InChI=1S/C13H13I2NO5/c14-6-3-8(11(17)9(15)4-6)12(18)16-5-7-1-2-10(21-7)13(19)20/h3-4,7,10,17H,1-2,5H2,(H,16,18)(H,19,20). The van der Waals surface area contributed by atoms with Crippen LogP contribution in [0.2, 0.25) is 0 Å². The lowest BCUT2D eigenvalue weighted by atomic mass is 10.1. The molecule has 8 heteroatoms. The number of ether oxygens (including phenoxy) is 1. The van der Waals surface area contributed by atoms with E-state index in [1.807, 2.05) is 22.6 Å². The van der Waals surface area contributed by atoms with Crippen molar-refractivity contribution < 1.29 is 24.5 Å². The van der Waals surface area contributed by atoms with E-state index < -0.39 is 18.0 Å². The quantitative estimate of drug-likeness (QED) is 0.532. The van der Waals surface area contributed by atoms with Crippen LogP contribution in [0.4, 0.5) is 0 Å². The number of hydrogen-bond donors (Lipinski definition) is 3. The van der Waals surface area contributed by atoms with Gasteiger partial charge in [-0.1, -0.05) is 0 Å². The van der Waals surface area contributed by atoms with Crippen molar-refractivity contribution in [1.82, 2.24) is 5.32 Å². The summed E-state index contributed by atoms with van der Waals surface area (Å²) in [7, 11) is 0. The highest BCUT2D eigenvalue weighted by Gasteiger charge is 2.30. The first-order valence-corrected chi connectivity index (χ1v) is 8.38. The van der Waals surface area contributed by atoms with Gasteiger partial charge in [0.25, 0.3) is 5.91 Å². The maximum Gasteiger partial charge on any atom is 0.332 e. The van der Waals surface area contributed by atoms with Gasteiger partial charge in [-0.3, -0.25) is 4.79 Å². The van der Waals surface area contributed by atoms with Crippen molar-refractivity contribution in [1.29, 1.82) is 0 Å². The van der Waals surface area contributed by atoms with Gasteiger partial charge in [0.2, 0.25) is 0 Å². The molecule has 1 saturated heterocycles. The predicted molar refractivity (Wildman–Crippen MR) is 91.4 cm³/mol. The zero-order valence-corrected chi connectivity index (χ0v) is 15.1. The second-order valence-corrected chi connectivity index (χ2v) is 7.06. The average Bonchev–Trinajstić information content (AvgIpc) is 2.89. The number of aromatic hydroxyl groups is 1. The third-order valence-electron chi connectivity index (χ3n) is 3.15. The second kappa shape index (κ2) is 7.09. The molecule has 1 aromatic carbocycles. The van der Waals surface area contributed by atoms with Crippen molar-refractivity contribution >= 4 is 57.1 Å². The van der Waals surface area contributed by atoms with Gasteiger partial charge >= 0.3 is 5.97 Å². The molecule has 0 aromatic heterocycles. The van der Waals surface area contributed by atoms with Crippen LogP contribution in [0.5, 0.6) is 5.75 Å². The summed E-state index contributed by atoms with van der Waals surface area (Å²) in [6.07, 6.45) is -0.0621. The van der Waals surface area contributed by atoms with E-state index in [-0.39, 0.29) is 24.0 Å². The minimum atomic E-state index is -0.978. The Morgan fingerprint density at radius 1 is 1.33 bits per heavy atom. The monoisotopic (exact) mass is 517 g/mol. The summed E-state index contributed by atoms with van der Waals surface area (Å²) in [5.41, 5.74) is 0.207. The zero-order valence-electron chi connectivity index (χ0n) is 10.8. The van der Waals surface area contributed by atoms with Crippen LogP contribution in [-0.4, -0.2) is 40.8 Å². The number of carboxylic acids is 1. The number of aliphatic carboxylic acids is 1. The van der Waals surface area contributed by atoms with Crippen LogP contribution in [0.3, 0.4) is 0 Å². The van der Waals surface area contributed by atoms with Gasteiger partial charge < -0.3 is 20.3 Å². The molecule has 2 unspecified atom stereocenters. The Morgan fingerprint density at radius 3 is 2.67 bits per heavy atom. The zero-order chi connectivity index (χ0) is 15.6. The summed E-state index contributed by atoms with van der Waals surface area (Å²) < 4.78 is 6.76. The number of phenolic OH excluding ortho intramolecular Hbond substituents is 1. The van der Waals surface area contributed by atoms with Gasteiger partial charge in [0.05, 0.1) is 15.2 Å². The van der Waals surface area contributed by atoms with Crippen LogP contribution in [0.15, 0.2) is 12.1 Å². The van der Waals surface area contributed by atoms with Gasteiger partial charge in [-0.15, -0.1) is 0 Å². The highest BCUT2D eigenvalue weighted by atomic mass is 127. The first kappa shape index (κ1) is 16.7. The molecule has 1 aliphatic rings. The van der Waals surface area contributed by atoms with E-state index in [2.05, 4.69) is 27.9 Å². The molecule has 21 heavy (non-hydrogen) atoms. The highest BCUT2D eigenvalue weighted by Crippen LogP contribution is 2.27. The largest absolute Gasteiger partial charge is 0.506 e. The van der Waals surface area contributed by atoms with Crippen molar-refractivity contribution in [3.63, 3.8) is 0 Å². The van der Waals surface area contributed by atoms with Crippen LogP contribution in [0, 0.1) is 7.14 Å². The number of nitrogens with one attached hydrogen (secondary N) is 1. The van der Waals surface area contributed by atoms with Gasteiger partial charge in [0.15, 0.2) is 6.10 Å². The molecule has 0 spiro atoms. The topological polar surface area (TPSA) is 95.9 Å². The van der Waals surface area contributed by atoms with Crippen molar-refractivity contribution in [2.45, 2.75) is 25.0 Å². The average molecular weight is 517 g/mol. The third-order valence-corrected chi connectivity index (χ3v) is 4.59. The highest BCUT2D eigenvalue weighted by molar-refractivity contribution is 14.1. The van der Waals surface area contributed by atoms with Crippen molar-refractivity contribution in [2.75, 3.05) is 6.54 Å². The van der Waals surface area contributed by atoms with Crippen LogP contribution in [0.25, 0.3) is 0 Å². The van der Waals surface area contributed by atoms with E-state index in [1.165, 1.54) is 0 Å². The lowest BCUT2D eigenvalue weighted by molar-refractivity contribution is -0.149. The lowest BCUT2D eigenvalue weighted by Gasteiger charge is -2.13. The van der Waals surface area contributed by atoms with Crippen LogP contribution >= 0.6 is 45.2 Å². The molecule has 1 heterocycles. The molecule has 3 N–H and O–H groups in total. The first-order valence-electron chi connectivity index (χ1n) is 6.23. The molecular formula is C13H13I2NO5. The molecule has 1 aliphatic heterocycles. The van der Waals surface area contributed by atoms with E-state index in [0.717, 1.165) is 3.57 Å².